The molecule has 4 N–H and O–H groups in total. The molecule has 0 aliphatic heterocycles. The van der Waals surface area contributed by atoms with Crippen LogP contribution in [-0.2, 0) is 21.3 Å². The summed E-state index contributed by atoms with van der Waals surface area (Å²) >= 11 is 0. The highest BCUT2D eigenvalue weighted by atomic mass is 32.2. The van der Waals surface area contributed by atoms with Crippen LogP contribution in [0.3, 0.4) is 0 Å². The van der Waals surface area contributed by atoms with Crippen molar-refractivity contribution in [2.75, 3.05) is 57.7 Å². The summed E-state index contributed by atoms with van der Waals surface area (Å²) in [4.78, 5) is 29.2. The lowest BCUT2D eigenvalue weighted by Crippen LogP contribution is -2.31. The summed E-state index contributed by atoms with van der Waals surface area (Å²) in [5.41, 5.74) is 4.78. The maximum absolute atomic E-state index is 13.1. The molecule has 0 atom stereocenters. The number of anilines is 2. The van der Waals surface area contributed by atoms with Crippen molar-refractivity contribution in [1.29, 1.82) is 0 Å². The second-order valence-electron chi connectivity index (χ2n) is 11.3. The molecule has 0 spiro atoms. The van der Waals surface area contributed by atoms with Gasteiger partial charge in [0.05, 0.1) is 24.3 Å². The van der Waals surface area contributed by atoms with Gasteiger partial charge in [0, 0.05) is 80.2 Å². The molecule has 0 aliphatic carbocycles. The van der Waals surface area contributed by atoms with E-state index >= 15 is 0 Å². The van der Waals surface area contributed by atoms with Crippen LogP contribution in [0.5, 0.6) is 0 Å². The smallest absolute Gasteiger partial charge is 0.321 e. The maximum atomic E-state index is 13.1. The van der Waals surface area contributed by atoms with Crippen LogP contribution in [0.1, 0.15) is 15.9 Å². The van der Waals surface area contributed by atoms with Crippen molar-refractivity contribution >= 4 is 44.1 Å². The molecule has 250 valence electrons. The number of aromatic amines is 1. The molecule has 0 bridgehead atoms. The van der Waals surface area contributed by atoms with Crippen molar-refractivity contribution < 1.29 is 22.7 Å². The van der Waals surface area contributed by atoms with Crippen LogP contribution >= 0.6 is 0 Å². The number of carbonyl (C=O) groups excluding carboxylic acids is 2. The lowest BCUT2D eigenvalue weighted by atomic mass is 10.1. The Hall–Kier alpha value is -5.24. The Labute approximate surface area is 280 Å². The molecule has 5 aromatic rings. The third-order valence-electron chi connectivity index (χ3n) is 7.62. The molecule has 0 aliphatic rings. The van der Waals surface area contributed by atoms with Gasteiger partial charge in [0.1, 0.15) is 0 Å². The SMILES string of the molecule is CN(Cc1cccc(C(=O)NCCOCCNS(=O)(=O)c2cccc3c(N(C)C)cccc23)c1)C(=O)Nc1ccc(-c2cn[nH]c2)cc1. The summed E-state index contributed by atoms with van der Waals surface area (Å²) in [7, 11) is 1.75. The van der Waals surface area contributed by atoms with Gasteiger partial charge < -0.3 is 25.2 Å². The topological polar surface area (TPSA) is 149 Å². The molecule has 1 heterocycles. The van der Waals surface area contributed by atoms with E-state index in [2.05, 4.69) is 25.6 Å². The van der Waals surface area contributed by atoms with Crippen LogP contribution in [0.25, 0.3) is 21.9 Å². The fraction of sp³-hybridized carbons (Fsp3) is 0.229. The van der Waals surface area contributed by atoms with E-state index in [0.29, 0.717) is 23.2 Å². The van der Waals surface area contributed by atoms with Gasteiger partial charge in [-0.2, -0.15) is 5.10 Å². The van der Waals surface area contributed by atoms with E-state index in [-0.39, 0.29) is 43.1 Å². The monoisotopic (exact) mass is 669 g/mol. The van der Waals surface area contributed by atoms with Gasteiger partial charge in [0.25, 0.3) is 5.91 Å². The molecule has 5 rings (SSSR count). The average molecular weight is 670 g/mol. The number of hydrogen-bond donors (Lipinski definition) is 4. The first kappa shape index (κ1) is 34.1. The summed E-state index contributed by atoms with van der Waals surface area (Å²) < 4.78 is 34.3. The van der Waals surface area contributed by atoms with Gasteiger partial charge in [0.15, 0.2) is 0 Å². The van der Waals surface area contributed by atoms with E-state index in [1.54, 1.807) is 55.8 Å². The molecule has 12 nitrogen and oxygen atoms in total. The second kappa shape index (κ2) is 15.6. The highest BCUT2D eigenvalue weighted by Crippen LogP contribution is 2.30. The zero-order valence-electron chi connectivity index (χ0n) is 27.1. The quantitative estimate of drug-likeness (QED) is 0.126. The van der Waals surface area contributed by atoms with Gasteiger partial charge in [-0.25, -0.2) is 17.9 Å². The van der Waals surface area contributed by atoms with Crippen LogP contribution in [0.2, 0.25) is 0 Å². The molecule has 13 heteroatoms. The molecular weight excluding hydrogens is 630 g/mol. The van der Waals surface area contributed by atoms with Crippen LogP contribution in [0.4, 0.5) is 16.2 Å². The number of nitrogens with zero attached hydrogens (tertiary/aromatic N) is 3. The number of benzene rings is 4. The van der Waals surface area contributed by atoms with Gasteiger partial charge in [-0.1, -0.05) is 48.5 Å². The number of rotatable bonds is 14. The molecule has 0 unspecified atom stereocenters. The van der Waals surface area contributed by atoms with E-state index in [1.165, 1.54) is 4.90 Å². The zero-order chi connectivity index (χ0) is 34.1. The third-order valence-corrected chi connectivity index (χ3v) is 9.14. The highest BCUT2D eigenvalue weighted by molar-refractivity contribution is 7.89. The first-order valence-corrected chi connectivity index (χ1v) is 16.9. The number of nitrogens with one attached hydrogen (secondary N) is 4. The molecule has 1 aromatic heterocycles. The minimum Gasteiger partial charge on any atom is -0.378 e. The maximum Gasteiger partial charge on any atom is 0.321 e. The number of ether oxygens (including phenoxy) is 1. The predicted octanol–water partition coefficient (Wildman–Crippen LogP) is 4.68. The number of aromatic nitrogens is 2. The van der Waals surface area contributed by atoms with Crippen molar-refractivity contribution in [3.8, 4) is 11.1 Å². The van der Waals surface area contributed by atoms with Gasteiger partial charge in [0.2, 0.25) is 10.0 Å². The summed E-state index contributed by atoms with van der Waals surface area (Å²) in [6.07, 6.45) is 3.53. The number of carbonyl (C=O) groups is 2. The molecule has 0 saturated heterocycles. The average Bonchev–Trinajstić information content (AvgIpc) is 3.63. The van der Waals surface area contributed by atoms with E-state index in [0.717, 1.165) is 27.8 Å². The minimum absolute atomic E-state index is 0.0831. The Morgan fingerprint density at radius 3 is 2.33 bits per heavy atom. The van der Waals surface area contributed by atoms with Crippen molar-refractivity contribution in [2.24, 2.45) is 0 Å². The van der Waals surface area contributed by atoms with E-state index in [1.807, 2.05) is 67.5 Å². The van der Waals surface area contributed by atoms with Gasteiger partial charge in [-0.15, -0.1) is 0 Å². The molecule has 0 saturated carbocycles. The highest BCUT2D eigenvalue weighted by Gasteiger charge is 2.18. The van der Waals surface area contributed by atoms with E-state index in [9.17, 15) is 18.0 Å². The third kappa shape index (κ3) is 8.56. The largest absolute Gasteiger partial charge is 0.378 e. The van der Waals surface area contributed by atoms with Gasteiger partial charge in [-0.05, 0) is 47.5 Å². The fourth-order valence-electron chi connectivity index (χ4n) is 5.19. The number of sulfonamides is 1. The number of amides is 3. The Bertz CT molecular complexity index is 1960. The lowest BCUT2D eigenvalue weighted by Gasteiger charge is -2.18. The van der Waals surface area contributed by atoms with Gasteiger partial charge in [-0.3, -0.25) is 9.89 Å². The molecular formula is C35H39N7O5S. The van der Waals surface area contributed by atoms with Crippen LogP contribution in [0, 0.1) is 0 Å². The number of H-pyrrole nitrogens is 1. The molecule has 0 radical (unpaired) electrons. The van der Waals surface area contributed by atoms with Crippen molar-refractivity contribution in [1.82, 2.24) is 25.1 Å². The minimum atomic E-state index is -3.76. The van der Waals surface area contributed by atoms with Crippen molar-refractivity contribution in [3.05, 3.63) is 108 Å². The number of fused-ring (bicyclic) bond motifs is 1. The predicted molar refractivity (Wildman–Crippen MR) is 188 cm³/mol. The van der Waals surface area contributed by atoms with E-state index in [4.69, 9.17) is 4.74 Å². The molecule has 0 fully saturated rings. The second-order valence-corrected chi connectivity index (χ2v) is 13.1. The number of urea groups is 1. The first-order valence-electron chi connectivity index (χ1n) is 15.4. The van der Waals surface area contributed by atoms with Crippen molar-refractivity contribution in [3.63, 3.8) is 0 Å². The summed E-state index contributed by atoms with van der Waals surface area (Å²) in [6, 6.07) is 25.1. The summed E-state index contributed by atoms with van der Waals surface area (Å²) in [5.74, 6) is -0.279. The molecule has 3 amide bonds. The fourth-order valence-corrected chi connectivity index (χ4v) is 6.42. The lowest BCUT2D eigenvalue weighted by molar-refractivity contribution is 0.0918. The Morgan fingerprint density at radius 1 is 0.854 bits per heavy atom. The normalized spacial score (nSPS) is 11.3. The first-order chi connectivity index (χ1) is 23.1. The Balaban J connectivity index is 1.03. The van der Waals surface area contributed by atoms with Gasteiger partial charge >= 0.3 is 6.03 Å². The summed E-state index contributed by atoms with van der Waals surface area (Å²) in [6.45, 7) is 0.976. The number of hydrogen-bond acceptors (Lipinski definition) is 7. The van der Waals surface area contributed by atoms with Crippen molar-refractivity contribution in [2.45, 2.75) is 11.4 Å². The Morgan fingerprint density at radius 2 is 1.58 bits per heavy atom. The van der Waals surface area contributed by atoms with Crippen LogP contribution in [-0.4, -0.2) is 82.9 Å². The molecule has 4 aromatic carbocycles. The Kier molecular flexibility index (Phi) is 11.1. The molecule has 48 heavy (non-hydrogen) atoms. The van der Waals surface area contributed by atoms with Crippen LogP contribution in [0.15, 0.2) is 102 Å². The standard InChI is InChI=1S/C35H39N7O5S/c1-41(2)32-11-5-10-31-30(32)9-6-12-33(31)48(45,46)39-18-20-47-19-17-36-34(43)27-8-4-7-25(21-27)24-42(3)35(44)40-29-15-13-26(14-16-29)28-22-37-38-23-28/h4-16,21-23,39H,17-20,24H2,1-3H3,(H,36,43)(H,37,38)(H,40,44). The summed E-state index contributed by atoms with van der Waals surface area (Å²) in [5, 5.41) is 13.9. The van der Waals surface area contributed by atoms with E-state index < -0.39 is 10.0 Å². The zero-order valence-corrected chi connectivity index (χ0v) is 27.9. The van der Waals surface area contributed by atoms with Crippen LogP contribution < -0.4 is 20.3 Å².